The Labute approximate surface area is 230 Å². The first kappa shape index (κ1) is 27.9. The lowest BCUT2D eigenvalue weighted by Crippen LogP contribution is -2.53. The number of nitrogens with zero attached hydrogens (tertiary/aromatic N) is 1. The standard InChI is InChI=1S/C32H37FN2O2S/c1-24-11-10-14-26(19-24)21-35(31(36)23-38-22-27-15-8-9-18-29(27)33)30(20-25-12-4-2-5-13-25)32(37)34-28-16-6-3-7-17-28/h2,4-5,8-15,18-19,28,30H,3,6-7,16-17,20-23H2,1H3,(H,34,37). The molecule has 3 aromatic carbocycles. The molecule has 0 spiro atoms. The van der Waals surface area contributed by atoms with Crippen LogP contribution in [-0.4, -0.2) is 34.6 Å². The van der Waals surface area contributed by atoms with Crippen LogP contribution in [0.15, 0.2) is 78.9 Å². The minimum Gasteiger partial charge on any atom is -0.352 e. The van der Waals surface area contributed by atoms with Gasteiger partial charge in [0, 0.05) is 24.8 Å². The van der Waals surface area contributed by atoms with Crippen LogP contribution in [0.3, 0.4) is 0 Å². The van der Waals surface area contributed by atoms with E-state index in [1.54, 1.807) is 23.1 Å². The van der Waals surface area contributed by atoms with E-state index in [9.17, 15) is 14.0 Å². The summed E-state index contributed by atoms with van der Waals surface area (Å²) in [6.45, 7) is 2.37. The molecule has 1 aliphatic rings. The highest BCUT2D eigenvalue weighted by atomic mass is 32.2. The normalized spacial score (nSPS) is 14.6. The first-order valence-corrected chi connectivity index (χ1v) is 14.7. The van der Waals surface area contributed by atoms with E-state index in [1.807, 2.05) is 55.5 Å². The highest BCUT2D eigenvalue weighted by Gasteiger charge is 2.31. The van der Waals surface area contributed by atoms with Crippen LogP contribution < -0.4 is 5.32 Å². The number of carbonyl (C=O) groups is 2. The summed E-state index contributed by atoms with van der Waals surface area (Å²) in [6, 6.07) is 24.1. The number of thioether (sulfide) groups is 1. The third kappa shape index (κ3) is 8.19. The summed E-state index contributed by atoms with van der Waals surface area (Å²) >= 11 is 1.38. The van der Waals surface area contributed by atoms with Crippen molar-refractivity contribution >= 4 is 23.6 Å². The molecule has 1 fully saturated rings. The third-order valence-corrected chi connectivity index (χ3v) is 8.07. The Kier molecular flexibility index (Phi) is 10.4. The maximum atomic E-state index is 14.1. The molecule has 1 saturated carbocycles. The zero-order chi connectivity index (χ0) is 26.7. The SMILES string of the molecule is Cc1cccc(CN(C(=O)CSCc2ccccc2F)C(Cc2ccccc2)C(=O)NC2CCCCC2)c1. The van der Waals surface area contributed by atoms with Crippen LogP contribution in [-0.2, 0) is 28.3 Å². The topological polar surface area (TPSA) is 49.4 Å². The smallest absolute Gasteiger partial charge is 0.243 e. The monoisotopic (exact) mass is 532 g/mol. The van der Waals surface area contributed by atoms with Gasteiger partial charge in [0.15, 0.2) is 0 Å². The van der Waals surface area contributed by atoms with Gasteiger partial charge in [0.25, 0.3) is 0 Å². The average Bonchev–Trinajstić information content (AvgIpc) is 2.93. The van der Waals surface area contributed by atoms with E-state index < -0.39 is 6.04 Å². The molecule has 1 N–H and O–H groups in total. The summed E-state index contributed by atoms with van der Waals surface area (Å²) in [5.74, 6) is 0.0857. The van der Waals surface area contributed by atoms with E-state index in [0.717, 1.165) is 42.4 Å². The summed E-state index contributed by atoms with van der Waals surface area (Å²) in [5.41, 5.74) is 3.68. The van der Waals surface area contributed by atoms with Crippen molar-refractivity contribution in [1.29, 1.82) is 0 Å². The molecule has 200 valence electrons. The van der Waals surface area contributed by atoms with Crippen LogP contribution in [0, 0.1) is 12.7 Å². The first-order chi connectivity index (χ1) is 18.5. The summed E-state index contributed by atoms with van der Waals surface area (Å²) in [4.78, 5) is 29.3. The Morgan fingerprint density at radius 1 is 0.947 bits per heavy atom. The van der Waals surface area contributed by atoms with Gasteiger partial charge in [0.1, 0.15) is 11.9 Å². The quantitative estimate of drug-likeness (QED) is 0.309. The molecule has 0 heterocycles. The molecule has 38 heavy (non-hydrogen) atoms. The van der Waals surface area contributed by atoms with Gasteiger partial charge in [-0.05, 0) is 42.5 Å². The van der Waals surface area contributed by atoms with E-state index in [4.69, 9.17) is 0 Å². The van der Waals surface area contributed by atoms with E-state index in [0.29, 0.717) is 24.3 Å². The Morgan fingerprint density at radius 3 is 2.39 bits per heavy atom. The molecular weight excluding hydrogens is 495 g/mol. The van der Waals surface area contributed by atoms with Crippen LogP contribution in [0.5, 0.6) is 0 Å². The number of halogens is 1. The zero-order valence-corrected chi connectivity index (χ0v) is 22.9. The zero-order valence-electron chi connectivity index (χ0n) is 22.1. The van der Waals surface area contributed by atoms with Crippen LogP contribution in [0.4, 0.5) is 4.39 Å². The Bertz CT molecular complexity index is 1200. The fourth-order valence-corrected chi connectivity index (χ4v) is 5.95. The summed E-state index contributed by atoms with van der Waals surface area (Å²) in [5, 5.41) is 3.27. The van der Waals surface area contributed by atoms with Crippen molar-refractivity contribution < 1.29 is 14.0 Å². The summed E-state index contributed by atoms with van der Waals surface area (Å²) in [7, 11) is 0. The molecule has 0 aromatic heterocycles. The highest BCUT2D eigenvalue weighted by molar-refractivity contribution is 7.99. The molecule has 0 bridgehead atoms. The molecule has 1 aliphatic carbocycles. The van der Waals surface area contributed by atoms with Gasteiger partial charge in [0.05, 0.1) is 5.75 Å². The molecule has 4 rings (SSSR count). The van der Waals surface area contributed by atoms with Crippen molar-refractivity contribution in [2.24, 2.45) is 0 Å². The second-order valence-corrected chi connectivity index (χ2v) is 11.1. The van der Waals surface area contributed by atoms with Gasteiger partial charge in [-0.25, -0.2) is 4.39 Å². The maximum absolute atomic E-state index is 14.1. The van der Waals surface area contributed by atoms with E-state index in [1.165, 1.54) is 24.2 Å². The fourth-order valence-electron chi connectivity index (χ4n) is 5.05. The van der Waals surface area contributed by atoms with Gasteiger partial charge in [-0.15, -0.1) is 11.8 Å². The maximum Gasteiger partial charge on any atom is 0.243 e. The van der Waals surface area contributed by atoms with Gasteiger partial charge in [-0.1, -0.05) is 97.6 Å². The summed E-state index contributed by atoms with van der Waals surface area (Å²) in [6.07, 6.45) is 5.84. The van der Waals surface area contributed by atoms with E-state index in [2.05, 4.69) is 11.4 Å². The largest absolute Gasteiger partial charge is 0.352 e. The molecule has 0 aliphatic heterocycles. The van der Waals surface area contributed by atoms with Gasteiger partial charge in [0.2, 0.25) is 11.8 Å². The first-order valence-electron chi connectivity index (χ1n) is 13.5. The number of amides is 2. The van der Waals surface area contributed by atoms with Crippen molar-refractivity contribution in [2.75, 3.05) is 5.75 Å². The van der Waals surface area contributed by atoms with E-state index in [-0.39, 0.29) is 29.4 Å². The van der Waals surface area contributed by atoms with Crippen LogP contribution in [0.1, 0.15) is 54.4 Å². The van der Waals surface area contributed by atoms with Gasteiger partial charge in [-0.3, -0.25) is 9.59 Å². The molecule has 1 atom stereocenters. The van der Waals surface area contributed by atoms with Crippen molar-refractivity contribution in [3.05, 3.63) is 107 Å². The lowest BCUT2D eigenvalue weighted by molar-refractivity contribution is -0.139. The molecule has 3 aromatic rings. The van der Waals surface area contributed by atoms with Crippen molar-refractivity contribution in [2.45, 2.75) is 69.8 Å². The Hall–Kier alpha value is -3.12. The third-order valence-electron chi connectivity index (χ3n) is 7.10. The molecule has 1 unspecified atom stereocenters. The van der Waals surface area contributed by atoms with Gasteiger partial charge in [-0.2, -0.15) is 0 Å². The number of rotatable bonds is 11. The average molecular weight is 533 g/mol. The number of benzene rings is 3. The molecule has 0 radical (unpaired) electrons. The van der Waals surface area contributed by atoms with Crippen LogP contribution >= 0.6 is 11.8 Å². The second-order valence-electron chi connectivity index (χ2n) is 10.1. The van der Waals surface area contributed by atoms with E-state index >= 15 is 0 Å². The fraction of sp³-hybridized carbons (Fsp3) is 0.375. The highest BCUT2D eigenvalue weighted by Crippen LogP contribution is 2.22. The van der Waals surface area contributed by atoms with Crippen molar-refractivity contribution in [3.8, 4) is 0 Å². The van der Waals surface area contributed by atoms with Gasteiger partial charge >= 0.3 is 0 Å². The lowest BCUT2D eigenvalue weighted by Gasteiger charge is -2.33. The minimum absolute atomic E-state index is 0.0964. The van der Waals surface area contributed by atoms with Crippen LogP contribution in [0.25, 0.3) is 0 Å². The van der Waals surface area contributed by atoms with Crippen LogP contribution in [0.2, 0.25) is 0 Å². The predicted octanol–water partition coefficient (Wildman–Crippen LogP) is 6.46. The minimum atomic E-state index is -0.638. The Morgan fingerprint density at radius 2 is 1.66 bits per heavy atom. The van der Waals surface area contributed by atoms with Crippen molar-refractivity contribution in [3.63, 3.8) is 0 Å². The molecule has 2 amide bonds. The number of hydrogen-bond donors (Lipinski definition) is 1. The van der Waals surface area contributed by atoms with Crippen molar-refractivity contribution in [1.82, 2.24) is 10.2 Å². The summed E-state index contributed by atoms with van der Waals surface area (Å²) < 4.78 is 14.1. The molecule has 0 saturated heterocycles. The number of nitrogens with one attached hydrogen (secondary N) is 1. The molecular formula is C32H37FN2O2S. The predicted molar refractivity (Wildman–Crippen MR) is 153 cm³/mol. The Balaban J connectivity index is 1.57. The molecule has 6 heteroatoms. The number of aryl methyl sites for hydroxylation is 1. The number of carbonyl (C=O) groups excluding carboxylic acids is 2. The number of hydrogen-bond acceptors (Lipinski definition) is 3. The lowest BCUT2D eigenvalue weighted by atomic mass is 9.94. The second kappa shape index (κ2) is 14.1. The van der Waals surface area contributed by atoms with Gasteiger partial charge < -0.3 is 10.2 Å². The molecule has 4 nitrogen and oxygen atoms in total.